The minimum atomic E-state index is -3.41. The summed E-state index contributed by atoms with van der Waals surface area (Å²) in [5.74, 6) is 0.494. The third-order valence-corrected chi connectivity index (χ3v) is 5.10. The van der Waals surface area contributed by atoms with Crippen molar-refractivity contribution in [2.75, 3.05) is 19.6 Å². The van der Waals surface area contributed by atoms with E-state index >= 15 is 0 Å². The van der Waals surface area contributed by atoms with E-state index in [0.29, 0.717) is 19.0 Å². The Morgan fingerprint density at radius 3 is 2.85 bits per heavy atom. The fourth-order valence-corrected chi connectivity index (χ4v) is 3.57. The van der Waals surface area contributed by atoms with Crippen LogP contribution in [0, 0.1) is 5.92 Å². The van der Waals surface area contributed by atoms with Crippen molar-refractivity contribution < 1.29 is 8.42 Å². The van der Waals surface area contributed by atoms with Gasteiger partial charge in [-0.1, -0.05) is 19.8 Å². The highest BCUT2D eigenvalue weighted by atomic mass is 32.2. The molecule has 7 heteroatoms. The number of aromatic nitrogens is 2. The second-order valence-corrected chi connectivity index (χ2v) is 7.06. The van der Waals surface area contributed by atoms with E-state index in [4.69, 9.17) is 0 Å². The summed E-state index contributed by atoms with van der Waals surface area (Å²) in [5.41, 5.74) is 0. The zero-order valence-corrected chi connectivity index (χ0v) is 12.8. The topological polar surface area (TPSA) is 76.0 Å². The Labute approximate surface area is 121 Å². The molecule has 0 bridgehead atoms. The van der Waals surface area contributed by atoms with Crippen LogP contribution in [0.5, 0.6) is 0 Å². The maximum absolute atomic E-state index is 12.2. The molecule has 2 N–H and O–H groups in total. The van der Waals surface area contributed by atoms with Crippen molar-refractivity contribution in [2.45, 2.75) is 44.0 Å². The Balaban J connectivity index is 1.88. The average Bonchev–Trinajstić information content (AvgIpc) is 3.08. The summed E-state index contributed by atoms with van der Waals surface area (Å²) in [6.07, 6.45) is 7.70. The average molecular weight is 300 g/mol. The molecule has 0 unspecified atom stereocenters. The Morgan fingerprint density at radius 1 is 1.40 bits per heavy atom. The molecule has 0 spiro atoms. The van der Waals surface area contributed by atoms with Crippen molar-refractivity contribution in [1.82, 2.24) is 19.8 Å². The first kappa shape index (κ1) is 15.5. The molecule has 0 amide bonds. The van der Waals surface area contributed by atoms with Gasteiger partial charge in [0.05, 0.1) is 12.7 Å². The first-order valence-electron chi connectivity index (χ1n) is 7.34. The van der Waals surface area contributed by atoms with Crippen molar-refractivity contribution in [3.05, 3.63) is 12.4 Å². The van der Waals surface area contributed by atoms with Crippen LogP contribution in [0.1, 0.15) is 32.6 Å². The van der Waals surface area contributed by atoms with Gasteiger partial charge in [-0.15, -0.1) is 0 Å². The highest BCUT2D eigenvalue weighted by Gasteiger charge is 2.20. The molecule has 0 radical (unpaired) electrons. The smallest absolute Gasteiger partial charge is 0.243 e. The van der Waals surface area contributed by atoms with Crippen LogP contribution in [-0.4, -0.2) is 37.8 Å². The van der Waals surface area contributed by atoms with Gasteiger partial charge in [0.2, 0.25) is 10.0 Å². The molecule has 1 fully saturated rings. The number of likely N-dealkylation sites (N-methyl/N-ethyl adjacent to an activating group) is 1. The van der Waals surface area contributed by atoms with E-state index < -0.39 is 10.0 Å². The predicted octanol–water partition coefficient (Wildman–Crippen LogP) is 0.961. The molecule has 1 aromatic heterocycles. The maximum atomic E-state index is 12.2. The molecule has 0 aromatic carbocycles. The summed E-state index contributed by atoms with van der Waals surface area (Å²) in [5, 5.41) is 7.27. The number of sulfonamides is 1. The maximum Gasteiger partial charge on any atom is 0.243 e. The SMILES string of the molecule is CCNCCn1cc(S(=O)(=O)NCC2CCCC2)cn1. The van der Waals surface area contributed by atoms with Gasteiger partial charge in [0, 0.05) is 19.3 Å². The van der Waals surface area contributed by atoms with Crippen molar-refractivity contribution in [2.24, 2.45) is 5.92 Å². The number of hydrogen-bond acceptors (Lipinski definition) is 4. The van der Waals surface area contributed by atoms with Gasteiger partial charge in [-0.2, -0.15) is 5.10 Å². The molecule has 1 aliphatic carbocycles. The lowest BCUT2D eigenvalue weighted by molar-refractivity contribution is 0.519. The molecule has 1 saturated carbocycles. The van der Waals surface area contributed by atoms with Gasteiger partial charge in [0.25, 0.3) is 0 Å². The van der Waals surface area contributed by atoms with Crippen molar-refractivity contribution in [1.29, 1.82) is 0 Å². The quantitative estimate of drug-likeness (QED) is 0.701. The minimum absolute atomic E-state index is 0.256. The van der Waals surface area contributed by atoms with E-state index in [9.17, 15) is 8.42 Å². The van der Waals surface area contributed by atoms with Crippen molar-refractivity contribution in [3.8, 4) is 0 Å². The first-order valence-corrected chi connectivity index (χ1v) is 8.83. The van der Waals surface area contributed by atoms with E-state index in [2.05, 4.69) is 15.1 Å². The van der Waals surface area contributed by atoms with Crippen LogP contribution in [0.4, 0.5) is 0 Å². The van der Waals surface area contributed by atoms with Crippen LogP contribution in [0.15, 0.2) is 17.3 Å². The second-order valence-electron chi connectivity index (χ2n) is 5.30. The third kappa shape index (κ3) is 4.29. The standard InChI is InChI=1S/C13H24N4O2S/c1-2-14-7-8-17-11-13(10-15-17)20(18,19)16-9-12-5-3-4-6-12/h10-12,14,16H,2-9H2,1H3. The molecular formula is C13H24N4O2S. The third-order valence-electron chi connectivity index (χ3n) is 3.72. The fraction of sp³-hybridized carbons (Fsp3) is 0.769. The van der Waals surface area contributed by atoms with Gasteiger partial charge in [0.1, 0.15) is 4.90 Å². The molecule has 0 aliphatic heterocycles. The summed E-state index contributed by atoms with van der Waals surface area (Å²) in [4.78, 5) is 0.256. The molecular weight excluding hydrogens is 276 g/mol. The lowest BCUT2D eigenvalue weighted by atomic mass is 10.1. The summed E-state index contributed by atoms with van der Waals surface area (Å²) in [7, 11) is -3.41. The summed E-state index contributed by atoms with van der Waals surface area (Å²) >= 11 is 0. The number of hydrogen-bond donors (Lipinski definition) is 2. The highest BCUT2D eigenvalue weighted by molar-refractivity contribution is 7.89. The van der Waals surface area contributed by atoms with Gasteiger partial charge in [0.15, 0.2) is 0 Å². The van der Waals surface area contributed by atoms with Crippen LogP contribution in [0.25, 0.3) is 0 Å². The lowest BCUT2D eigenvalue weighted by Crippen LogP contribution is -2.28. The van der Waals surface area contributed by atoms with E-state index in [1.54, 1.807) is 10.9 Å². The molecule has 6 nitrogen and oxygen atoms in total. The monoisotopic (exact) mass is 300 g/mol. The zero-order valence-electron chi connectivity index (χ0n) is 12.0. The van der Waals surface area contributed by atoms with Crippen LogP contribution in [0.3, 0.4) is 0 Å². The van der Waals surface area contributed by atoms with Crippen LogP contribution >= 0.6 is 0 Å². The fourth-order valence-electron chi connectivity index (χ4n) is 2.50. The Morgan fingerprint density at radius 2 is 2.15 bits per heavy atom. The summed E-state index contributed by atoms with van der Waals surface area (Å²) in [6.45, 7) is 4.94. The number of rotatable bonds is 8. The molecule has 0 saturated heterocycles. The molecule has 20 heavy (non-hydrogen) atoms. The molecule has 1 aliphatic rings. The van der Waals surface area contributed by atoms with Crippen LogP contribution < -0.4 is 10.0 Å². The highest BCUT2D eigenvalue weighted by Crippen LogP contribution is 2.24. The molecule has 1 heterocycles. The molecule has 114 valence electrons. The first-order chi connectivity index (χ1) is 9.62. The van der Waals surface area contributed by atoms with Gasteiger partial charge in [-0.3, -0.25) is 4.68 Å². The minimum Gasteiger partial charge on any atom is -0.315 e. The Hall–Kier alpha value is -0.920. The molecule has 0 atom stereocenters. The normalized spacial score (nSPS) is 16.9. The van der Waals surface area contributed by atoms with Gasteiger partial charge in [-0.05, 0) is 25.3 Å². The van der Waals surface area contributed by atoms with Gasteiger partial charge < -0.3 is 5.32 Å². The predicted molar refractivity (Wildman–Crippen MR) is 77.9 cm³/mol. The van der Waals surface area contributed by atoms with Gasteiger partial charge in [-0.25, -0.2) is 13.1 Å². The van der Waals surface area contributed by atoms with Crippen LogP contribution in [0.2, 0.25) is 0 Å². The largest absolute Gasteiger partial charge is 0.315 e. The number of nitrogens with one attached hydrogen (secondary N) is 2. The van der Waals surface area contributed by atoms with E-state index in [1.165, 1.54) is 19.0 Å². The van der Waals surface area contributed by atoms with Crippen molar-refractivity contribution >= 4 is 10.0 Å². The zero-order chi connectivity index (χ0) is 14.4. The number of nitrogens with zero attached hydrogens (tertiary/aromatic N) is 2. The summed E-state index contributed by atoms with van der Waals surface area (Å²) < 4.78 is 28.7. The van der Waals surface area contributed by atoms with E-state index in [-0.39, 0.29) is 4.90 Å². The summed E-state index contributed by atoms with van der Waals surface area (Å²) in [6, 6.07) is 0. The Bertz CT molecular complexity index is 506. The molecule has 1 aromatic rings. The van der Waals surface area contributed by atoms with Gasteiger partial charge >= 0.3 is 0 Å². The van der Waals surface area contributed by atoms with Crippen molar-refractivity contribution in [3.63, 3.8) is 0 Å². The van der Waals surface area contributed by atoms with E-state index in [0.717, 1.165) is 25.9 Å². The lowest BCUT2D eigenvalue weighted by Gasteiger charge is -2.09. The Kier molecular flexibility index (Phi) is 5.56. The second kappa shape index (κ2) is 7.19. The molecule has 2 rings (SSSR count). The van der Waals surface area contributed by atoms with Crippen LogP contribution in [-0.2, 0) is 16.6 Å². The van der Waals surface area contributed by atoms with E-state index in [1.807, 2.05) is 6.92 Å².